The molecule has 0 aliphatic heterocycles. The first kappa shape index (κ1) is 24.2. The van der Waals surface area contributed by atoms with Crippen molar-refractivity contribution in [1.29, 1.82) is 0 Å². The molecule has 0 spiro atoms. The Morgan fingerprint density at radius 1 is 0.677 bits per heavy atom. The van der Waals surface area contributed by atoms with E-state index in [9.17, 15) is 29.4 Å². The van der Waals surface area contributed by atoms with E-state index in [1.54, 1.807) is 52.0 Å². The van der Waals surface area contributed by atoms with Gasteiger partial charge in [-0.05, 0) is 63.8 Å². The summed E-state index contributed by atoms with van der Waals surface area (Å²) in [6, 6.07) is 7.12. The predicted octanol–water partition coefficient (Wildman–Crippen LogP) is 5.05. The van der Waals surface area contributed by atoms with Crippen LogP contribution < -0.4 is 0 Å². The van der Waals surface area contributed by atoms with Gasteiger partial charge in [0.1, 0.15) is 0 Å². The van der Waals surface area contributed by atoms with Crippen LogP contribution in [0.25, 0.3) is 0 Å². The molecular formula is C24H25O6P. The van der Waals surface area contributed by atoms with Crippen molar-refractivity contribution in [3.8, 4) is 0 Å². The Kier molecular flexibility index (Phi) is 7.29. The second kappa shape index (κ2) is 9.36. The summed E-state index contributed by atoms with van der Waals surface area (Å²) in [6.45, 7) is 10.6. The Balaban J connectivity index is 2.82. The summed E-state index contributed by atoms with van der Waals surface area (Å²) in [7, 11) is -2.65. The molecule has 2 aromatic carbocycles. The molecule has 7 heteroatoms. The van der Waals surface area contributed by atoms with Gasteiger partial charge in [-0.1, -0.05) is 35.4 Å². The number of carboxylic acid groups (broad SMARTS) is 2. The van der Waals surface area contributed by atoms with Crippen molar-refractivity contribution in [2.75, 3.05) is 0 Å². The van der Waals surface area contributed by atoms with E-state index < -0.39 is 36.2 Å². The van der Waals surface area contributed by atoms with Gasteiger partial charge in [0, 0.05) is 17.2 Å². The predicted molar refractivity (Wildman–Crippen MR) is 120 cm³/mol. The maximum atomic E-state index is 13.6. The van der Waals surface area contributed by atoms with Crippen molar-refractivity contribution in [1.82, 2.24) is 0 Å². The van der Waals surface area contributed by atoms with Crippen molar-refractivity contribution in [3.05, 3.63) is 80.2 Å². The molecule has 0 unspecified atom stereocenters. The lowest BCUT2D eigenvalue weighted by molar-refractivity contribution is -0.134. The van der Waals surface area contributed by atoms with Crippen LogP contribution in [0.2, 0.25) is 0 Å². The number of hydrogen-bond donors (Lipinski definition) is 2. The molecule has 0 heterocycles. The molecule has 0 saturated carbocycles. The summed E-state index contributed by atoms with van der Waals surface area (Å²) < 4.78 is 0. The monoisotopic (exact) mass is 440 g/mol. The van der Waals surface area contributed by atoms with Gasteiger partial charge in [-0.15, -0.1) is 0 Å². The molecule has 2 aromatic rings. The quantitative estimate of drug-likeness (QED) is 0.461. The lowest BCUT2D eigenvalue weighted by Gasteiger charge is -2.21. The Bertz CT molecular complexity index is 1030. The molecule has 2 N–H and O–H groups in total. The average molecular weight is 440 g/mol. The van der Waals surface area contributed by atoms with Crippen LogP contribution in [0.1, 0.15) is 54.1 Å². The van der Waals surface area contributed by atoms with Gasteiger partial charge in [-0.2, -0.15) is 0 Å². The molecule has 0 radical (unpaired) electrons. The normalized spacial score (nSPS) is 11.5. The summed E-state index contributed by atoms with van der Waals surface area (Å²) in [5, 5.41) is 18.3. The first-order valence-corrected chi connectivity index (χ1v) is 10.9. The van der Waals surface area contributed by atoms with Crippen molar-refractivity contribution in [3.63, 3.8) is 0 Å². The van der Waals surface area contributed by atoms with Crippen molar-refractivity contribution >= 4 is 30.9 Å². The second-order valence-electron chi connectivity index (χ2n) is 7.67. The maximum absolute atomic E-state index is 13.6. The Labute approximate surface area is 182 Å². The third-order valence-corrected chi connectivity index (χ3v) is 6.97. The zero-order valence-electron chi connectivity index (χ0n) is 18.4. The minimum atomic E-state index is -2.65. The minimum Gasteiger partial charge on any atom is -0.478 e. The van der Waals surface area contributed by atoms with Crippen LogP contribution >= 0.6 is 7.92 Å². The molecule has 2 rings (SSSR count). The zero-order chi connectivity index (χ0) is 23.6. The molecule has 31 heavy (non-hydrogen) atoms. The second-order valence-corrected chi connectivity index (χ2v) is 9.63. The largest absolute Gasteiger partial charge is 0.478 e. The summed E-state index contributed by atoms with van der Waals surface area (Å²) >= 11 is 0. The van der Waals surface area contributed by atoms with Gasteiger partial charge in [0.15, 0.2) is 11.0 Å². The van der Waals surface area contributed by atoms with E-state index in [4.69, 9.17) is 0 Å². The Morgan fingerprint density at radius 3 is 1.26 bits per heavy atom. The Morgan fingerprint density at radius 2 is 1.00 bits per heavy atom. The number of aliphatic carboxylic acids is 2. The van der Waals surface area contributed by atoms with E-state index in [1.165, 1.54) is 0 Å². The van der Waals surface area contributed by atoms with Crippen LogP contribution in [-0.2, 0) is 9.59 Å². The van der Waals surface area contributed by atoms with E-state index >= 15 is 0 Å². The fourth-order valence-electron chi connectivity index (χ4n) is 3.91. The van der Waals surface area contributed by atoms with E-state index in [0.717, 1.165) is 11.1 Å². The van der Waals surface area contributed by atoms with Crippen LogP contribution in [0.3, 0.4) is 0 Å². The number of aryl methyl sites for hydroxylation is 6. The first-order chi connectivity index (χ1) is 14.3. The van der Waals surface area contributed by atoms with Crippen LogP contribution in [-0.4, -0.2) is 33.2 Å². The summed E-state index contributed by atoms with van der Waals surface area (Å²) in [6.07, 6.45) is 0.460. The molecule has 0 fully saturated rings. The van der Waals surface area contributed by atoms with Crippen LogP contribution in [0, 0.1) is 41.5 Å². The van der Waals surface area contributed by atoms with E-state index in [1.807, 2.05) is 13.8 Å². The van der Waals surface area contributed by atoms with E-state index in [-0.39, 0.29) is 11.1 Å². The molecule has 162 valence electrons. The van der Waals surface area contributed by atoms with Gasteiger partial charge < -0.3 is 10.2 Å². The fraction of sp³-hybridized carbons (Fsp3) is 0.250. The lowest BCUT2D eigenvalue weighted by atomic mass is 10.0. The molecule has 0 bridgehead atoms. The molecule has 0 atom stereocenters. The van der Waals surface area contributed by atoms with Gasteiger partial charge >= 0.3 is 11.9 Å². The lowest BCUT2D eigenvalue weighted by Crippen LogP contribution is -2.17. The highest BCUT2D eigenvalue weighted by Crippen LogP contribution is 2.52. The Hall–Kier alpha value is -3.11. The molecule has 0 aliphatic carbocycles. The summed E-state index contributed by atoms with van der Waals surface area (Å²) in [5.74, 6) is -3.12. The van der Waals surface area contributed by atoms with Crippen molar-refractivity contribution < 1.29 is 29.4 Å². The molecular weight excluding hydrogens is 415 g/mol. The minimum absolute atomic E-state index is 0.255. The SMILES string of the molecule is Cc1cc(C)c(C(=O)P(C(=O)c2c(C)cc(C)cc2C)/C(=C/C(=O)O)C(=O)O)c(C)c1. The molecule has 0 saturated heterocycles. The molecule has 0 aliphatic rings. The van der Waals surface area contributed by atoms with Crippen LogP contribution in [0.15, 0.2) is 35.7 Å². The zero-order valence-corrected chi connectivity index (χ0v) is 19.3. The van der Waals surface area contributed by atoms with Gasteiger partial charge in [0.25, 0.3) is 0 Å². The summed E-state index contributed by atoms with van der Waals surface area (Å²) in [5.41, 5.74) is 3.48. The van der Waals surface area contributed by atoms with Crippen molar-refractivity contribution in [2.24, 2.45) is 0 Å². The van der Waals surface area contributed by atoms with Gasteiger partial charge in [0.05, 0.1) is 13.2 Å². The third-order valence-electron chi connectivity index (χ3n) is 4.91. The number of carboxylic acids is 2. The highest BCUT2D eigenvalue weighted by atomic mass is 31.1. The first-order valence-electron chi connectivity index (χ1n) is 9.57. The van der Waals surface area contributed by atoms with Crippen LogP contribution in [0.4, 0.5) is 0 Å². The van der Waals surface area contributed by atoms with Gasteiger partial charge in [-0.3, -0.25) is 9.59 Å². The highest BCUT2D eigenvalue weighted by molar-refractivity contribution is 7.94. The summed E-state index contributed by atoms with van der Waals surface area (Å²) in [4.78, 5) is 50.6. The van der Waals surface area contributed by atoms with Crippen molar-refractivity contribution in [2.45, 2.75) is 41.5 Å². The fourth-order valence-corrected chi connectivity index (χ4v) is 6.11. The number of carbonyl (C=O) groups excluding carboxylic acids is 2. The number of benzene rings is 2. The third kappa shape index (κ3) is 5.15. The van der Waals surface area contributed by atoms with Crippen LogP contribution in [0.5, 0.6) is 0 Å². The van der Waals surface area contributed by atoms with E-state index in [0.29, 0.717) is 28.3 Å². The highest BCUT2D eigenvalue weighted by Gasteiger charge is 2.38. The smallest absolute Gasteiger partial charge is 0.337 e. The topological polar surface area (TPSA) is 109 Å². The van der Waals surface area contributed by atoms with Gasteiger partial charge in [-0.25, -0.2) is 9.59 Å². The molecule has 6 nitrogen and oxygen atoms in total. The number of hydrogen-bond acceptors (Lipinski definition) is 4. The molecule has 0 aromatic heterocycles. The maximum Gasteiger partial charge on any atom is 0.337 e. The standard InChI is InChI=1S/C24H25O6P/c1-12-7-14(3)20(15(4)8-12)23(29)31(18(22(27)28)11-19(25)26)24(30)21-16(5)9-13(2)10-17(21)6/h7-11H,1-6H3,(H,25,26)(H,27,28)/b18-11+. The number of rotatable bonds is 7. The van der Waals surface area contributed by atoms with E-state index in [2.05, 4.69) is 0 Å². The number of carbonyl (C=O) groups is 4. The average Bonchev–Trinajstić information content (AvgIpc) is 2.58. The molecule has 0 amide bonds. The van der Waals surface area contributed by atoms with Gasteiger partial charge in [0.2, 0.25) is 0 Å².